The van der Waals surface area contributed by atoms with Crippen molar-refractivity contribution in [1.29, 1.82) is 0 Å². The van der Waals surface area contributed by atoms with E-state index in [0.717, 1.165) is 39.8 Å². The molecule has 0 unspecified atom stereocenters. The largest absolute Gasteiger partial charge is 0.481 e. The third-order valence-electron chi connectivity index (χ3n) is 4.51. The number of amides is 1. The van der Waals surface area contributed by atoms with Crippen LogP contribution < -0.4 is 0 Å². The number of carboxylic acids is 1. The Kier molecular flexibility index (Phi) is 8.14. The van der Waals surface area contributed by atoms with Crippen molar-refractivity contribution in [2.24, 2.45) is 7.05 Å². The van der Waals surface area contributed by atoms with Crippen molar-refractivity contribution in [3.05, 3.63) is 51.0 Å². The number of halogens is 4. The molecule has 1 saturated heterocycles. The summed E-state index contributed by atoms with van der Waals surface area (Å²) in [6, 6.07) is 6.94. The fraction of sp³-hybridized carbons (Fsp3) is 0.300. The Bertz CT molecular complexity index is 1120. The van der Waals surface area contributed by atoms with E-state index in [4.69, 9.17) is 28.9 Å². The van der Waals surface area contributed by atoms with E-state index in [1.807, 2.05) is 0 Å². The van der Waals surface area contributed by atoms with Gasteiger partial charge in [-0.2, -0.15) is 18.3 Å². The van der Waals surface area contributed by atoms with Gasteiger partial charge < -0.3 is 5.11 Å². The number of carbonyl (C=O) groups is 2. The molecule has 1 aromatic carbocycles. The van der Waals surface area contributed by atoms with Gasteiger partial charge in [0.15, 0.2) is 5.69 Å². The summed E-state index contributed by atoms with van der Waals surface area (Å²) in [5, 5.41) is 13.2. The molecule has 0 saturated carbocycles. The van der Waals surface area contributed by atoms with E-state index in [2.05, 4.69) is 5.10 Å². The minimum absolute atomic E-state index is 0.0298. The number of nitrogens with zero attached hydrogens (tertiary/aromatic N) is 3. The second-order valence-corrected chi connectivity index (χ2v) is 10.0. The van der Waals surface area contributed by atoms with Crippen LogP contribution in [0.1, 0.15) is 29.7 Å². The Balaban J connectivity index is 1.91. The molecular formula is C20H17ClF3N3O3S3. The topological polar surface area (TPSA) is 75.4 Å². The zero-order valence-corrected chi connectivity index (χ0v) is 20.3. The summed E-state index contributed by atoms with van der Waals surface area (Å²) in [5.74, 6) is -1.20. The van der Waals surface area contributed by atoms with Crippen molar-refractivity contribution in [1.82, 2.24) is 14.7 Å². The van der Waals surface area contributed by atoms with Crippen LogP contribution in [0.25, 0.3) is 6.08 Å². The van der Waals surface area contributed by atoms with Crippen LogP contribution in [0.15, 0.2) is 34.2 Å². The molecule has 1 N–H and O–H groups in total. The van der Waals surface area contributed by atoms with Gasteiger partial charge in [0.25, 0.3) is 5.91 Å². The van der Waals surface area contributed by atoms with E-state index >= 15 is 0 Å². The van der Waals surface area contributed by atoms with Gasteiger partial charge in [-0.1, -0.05) is 47.7 Å². The number of aliphatic carboxylic acids is 1. The first-order chi connectivity index (χ1) is 15.5. The molecule has 1 amide bonds. The molecule has 0 aliphatic carbocycles. The smallest absolute Gasteiger partial charge is 0.435 e. The first kappa shape index (κ1) is 25.6. The maximum absolute atomic E-state index is 13.7. The van der Waals surface area contributed by atoms with Crippen LogP contribution in [-0.4, -0.2) is 42.5 Å². The number of rotatable bonds is 8. The summed E-state index contributed by atoms with van der Waals surface area (Å²) in [4.78, 5) is 24.7. The summed E-state index contributed by atoms with van der Waals surface area (Å²) >= 11 is 13.1. The average molecular weight is 536 g/mol. The fourth-order valence-corrected chi connectivity index (χ4v) is 5.43. The van der Waals surface area contributed by atoms with Gasteiger partial charge in [-0.05, 0) is 30.2 Å². The third kappa shape index (κ3) is 6.31. The number of carboxylic acid groups (broad SMARTS) is 1. The van der Waals surface area contributed by atoms with Crippen LogP contribution in [0.4, 0.5) is 13.2 Å². The lowest BCUT2D eigenvalue weighted by molar-refractivity contribution is -0.141. The van der Waals surface area contributed by atoms with Crippen molar-refractivity contribution >= 4 is 69.6 Å². The Hall–Kier alpha value is -2.02. The minimum Gasteiger partial charge on any atom is -0.481 e. The van der Waals surface area contributed by atoms with Crippen LogP contribution in [0.3, 0.4) is 0 Å². The highest BCUT2D eigenvalue weighted by Gasteiger charge is 2.40. The van der Waals surface area contributed by atoms with E-state index in [1.165, 1.54) is 11.9 Å². The molecule has 0 radical (unpaired) electrons. The predicted molar refractivity (Wildman–Crippen MR) is 126 cm³/mol. The maximum Gasteiger partial charge on any atom is 0.435 e. The Morgan fingerprint density at radius 2 is 2.00 bits per heavy atom. The van der Waals surface area contributed by atoms with Gasteiger partial charge in [-0.25, -0.2) is 0 Å². The molecule has 0 bridgehead atoms. The zero-order chi connectivity index (χ0) is 24.3. The Morgan fingerprint density at radius 3 is 2.61 bits per heavy atom. The maximum atomic E-state index is 13.7. The second kappa shape index (κ2) is 10.5. The molecule has 0 atom stereocenters. The first-order valence-electron chi connectivity index (χ1n) is 9.46. The van der Waals surface area contributed by atoms with Crippen molar-refractivity contribution in [3.8, 4) is 0 Å². The van der Waals surface area contributed by atoms with Gasteiger partial charge in [0.1, 0.15) is 9.35 Å². The molecule has 1 aliphatic rings. The highest BCUT2D eigenvalue weighted by molar-refractivity contribution is 8.26. The number of alkyl halides is 3. The predicted octanol–water partition coefficient (Wildman–Crippen LogP) is 5.45. The van der Waals surface area contributed by atoms with Gasteiger partial charge in [0.05, 0.1) is 4.91 Å². The van der Waals surface area contributed by atoms with Crippen molar-refractivity contribution in [3.63, 3.8) is 0 Å². The minimum atomic E-state index is -4.72. The van der Waals surface area contributed by atoms with Crippen LogP contribution in [0.5, 0.6) is 0 Å². The van der Waals surface area contributed by atoms with Gasteiger partial charge in [0.2, 0.25) is 0 Å². The number of hydrogen-bond acceptors (Lipinski definition) is 6. The molecule has 13 heteroatoms. The monoisotopic (exact) mass is 535 g/mol. The summed E-state index contributed by atoms with van der Waals surface area (Å²) in [5.41, 5.74) is -0.454. The Labute approximate surface area is 206 Å². The number of benzene rings is 1. The summed E-state index contributed by atoms with van der Waals surface area (Å²) in [6.45, 7) is 0.0750. The highest BCUT2D eigenvalue weighted by Crippen LogP contribution is 2.41. The zero-order valence-electron chi connectivity index (χ0n) is 17.1. The Morgan fingerprint density at radius 1 is 1.33 bits per heavy atom. The van der Waals surface area contributed by atoms with E-state index < -0.39 is 23.7 Å². The van der Waals surface area contributed by atoms with E-state index in [-0.39, 0.29) is 39.2 Å². The molecule has 6 nitrogen and oxygen atoms in total. The van der Waals surface area contributed by atoms with Crippen LogP contribution in [-0.2, 0) is 28.6 Å². The van der Waals surface area contributed by atoms with Gasteiger partial charge in [0, 0.05) is 36.4 Å². The van der Waals surface area contributed by atoms with Gasteiger partial charge in [-0.3, -0.25) is 19.2 Å². The second-order valence-electron chi connectivity index (χ2n) is 6.93. The SMILES string of the molecule is Cn1nc(C(F)(F)F)c(/C=C2/SC(=S)N(CCCC(=O)O)C2=O)c1SCc1ccc(Cl)cc1. The summed E-state index contributed by atoms with van der Waals surface area (Å²) < 4.78 is 42.4. The lowest BCUT2D eigenvalue weighted by atomic mass is 10.2. The third-order valence-corrected chi connectivity index (χ3v) is 7.37. The molecule has 1 aromatic heterocycles. The molecule has 2 heterocycles. The standard InChI is InChI=1S/C20H17ClF3N3O3S3/c1-26-18(32-10-11-4-6-12(21)7-5-11)13(16(25-26)20(22,23)24)9-14-17(30)27(19(31)33-14)8-2-3-15(28)29/h4-7,9H,2-3,8,10H2,1H3,(H,28,29)/b14-9+. The van der Waals surface area contributed by atoms with E-state index in [9.17, 15) is 22.8 Å². The number of aromatic nitrogens is 2. The number of thioether (sulfide) groups is 2. The number of thiocarbonyl (C=S) groups is 1. The average Bonchev–Trinajstić information content (AvgIpc) is 3.18. The quantitative estimate of drug-likeness (QED) is 0.273. The summed E-state index contributed by atoms with van der Waals surface area (Å²) in [7, 11) is 1.41. The number of carbonyl (C=O) groups excluding carboxylic acids is 1. The molecule has 1 fully saturated rings. The fourth-order valence-electron chi connectivity index (χ4n) is 2.98. The van der Waals surface area contributed by atoms with Crippen LogP contribution >= 0.6 is 47.3 Å². The molecule has 33 heavy (non-hydrogen) atoms. The van der Waals surface area contributed by atoms with Gasteiger partial charge in [-0.15, -0.1) is 11.8 Å². The first-order valence-corrected chi connectivity index (χ1v) is 12.0. The van der Waals surface area contributed by atoms with Crippen molar-refractivity contribution in [2.75, 3.05) is 6.54 Å². The molecule has 1 aliphatic heterocycles. The van der Waals surface area contributed by atoms with E-state index in [1.54, 1.807) is 24.3 Å². The molecule has 176 valence electrons. The number of aryl methyl sites for hydroxylation is 1. The van der Waals surface area contributed by atoms with Crippen LogP contribution in [0.2, 0.25) is 5.02 Å². The van der Waals surface area contributed by atoms with Crippen molar-refractivity contribution in [2.45, 2.75) is 29.8 Å². The van der Waals surface area contributed by atoms with Gasteiger partial charge >= 0.3 is 12.1 Å². The summed E-state index contributed by atoms with van der Waals surface area (Å²) in [6.07, 6.45) is -3.53. The molecular weight excluding hydrogens is 519 g/mol. The number of hydrogen-bond donors (Lipinski definition) is 1. The van der Waals surface area contributed by atoms with Crippen LogP contribution in [0, 0.1) is 0 Å². The molecule has 2 aromatic rings. The highest BCUT2D eigenvalue weighted by atomic mass is 35.5. The molecule has 0 spiro atoms. The molecule has 3 rings (SSSR count). The van der Waals surface area contributed by atoms with Crippen molar-refractivity contribution < 1.29 is 27.9 Å². The normalized spacial score (nSPS) is 15.7. The lowest BCUT2D eigenvalue weighted by Gasteiger charge is -2.13. The lowest BCUT2D eigenvalue weighted by Crippen LogP contribution is -2.29. The van der Waals surface area contributed by atoms with E-state index in [0.29, 0.717) is 10.8 Å².